The highest BCUT2D eigenvalue weighted by Gasteiger charge is 2.57. The van der Waals surface area contributed by atoms with E-state index in [9.17, 15) is 9.59 Å². The molecule has 6 nitrogen and oxygen atoms in total. The first-order chi connectivity index (χ1) is 13.7. The molecule has 1 saturated heterocycles. The van der Waals surface area contributed by atoms with E-state index in [4.69, 9.17) is 0 Å². The highest BCUT2D eigenvalue weighted by atomic mass is 32.2. The van der Waals surface area contributed by atoms with Gasteiger partial charge in [-0.25, -0.2) is 0 Å². The zero-order valence-electron chi connectivity index (χ0n) is 15.0. The average molecular weight is 390 g/mol. The molecule has 3 heterocycles. The van der Waals surface area contributed by atoms with Crippen molar-refractivity contribution in [1.29, 1.82) is 0 Å². The summed E-state index contributed by atoms with van der Waals surface area (Å²) in [5, 5.41) is 7.26. The SMILES string of the molecule is O=C1CCC2(C(=O)Nc3cccc(Cn4cccn4)c3)Sc3ccccc3N12. The Morgan fingerprint density at radius 2 is 2.07 bits per heavy atom. The maximum Gasteiger partial charge on any atom is 0.261 e. The van der Waals surface area contributed by atoms with E-state index < -0.39 is 4.87 Å². The number of rotatable bonds is 4. The fraction of sp³-hybridized carbons (Fsp3) is 0.190. The number of fused-ring (bicyclic) bond motifs is 3. The van der Waals surface area contributed by atoms with Crippen LogP contribution in [0.4, 0.5) is 11.4 Å². The first kappa shape index (κ1) is 17.1. The number of hydrogen-bond donors (Lipinski definition) is 1. The van der Waals surface area contributed by atoms with Crippen LogP contribution < -0.4 is 10.2 Å². The molecule has 1 atom stereocenters. The lowest BCUT2D eigenvalue weighted by Gasteiger charge is -2.29. The van der Waals surface area contributed by atoms with Crippen molar-refractivity contribution in [3.05, 3.63) is 72.6 Å². The topological polar surface area (TPSA) is 67.2 Å². The van der Waals surface area contributed by atoms with Gasteiger partial charge >= 0.3 is 0 Å². The maximum atomic E-state index is 13.3. The number of carbonyl (C=O) groups is 2. The summed E-state index contributed by atoms with van der Waals surface area (Å²) in [4.78, 5) is 27.6. The van der Waals surface area contributed by atoms with E-state index in [1.165, 1.54) is 11.8 Å². The minimum Gasteiger partial charge on any atom is -0.323 e. The Bertz CT molecular complexity index is 1070. The van der Waals surface area contributed by atoms with Gasteiger partial charge in [0, 0.05) is 29.4 Å². The average Bonchev–Trinajstić information content (AvgIpc) is 3.39. The fourth-order valence-corrected chi connectivity index (χ4v) is 5.27. The number of thioether (sulfide) groups is 1. The van der Waals surface area contributed by atoms with Crippen LogP contribution in [0, 0.1) is 0 Å². The molecule has 1 fully saturated rings. The molecule has 1 N–H and O–H groups in total. The van der Waals surface area contributed by atoms with Crippen molar-refractivity contribution in [3.8, 4) is 0 Å². The van der Waals surface area contributed by atoms with E-state index in [0.717, 1.165) is 21.8 Å². The summed E-state index contributed by atoms with van der Waals surface area (Å²) in [6.07, 6.45) is 4.53. The van der Waals surface area contributed by atoms with E-state index in [1.807, 2.05) is 65.5 Å². The number of aromatic nitrogens is 2. The Morgan fingerprint density at radius 1 is 1.18 bits per heavy atom. The van der Waals surface area contributed by atoms with Crippen molar-refractivity contribution < 1.29 is 9.59 Å². The summed E-state index contributed by atoms with van der Waals surface area (Å²) in [7, 11) is 0. The number of nitrogens with one attached hydrogen (secondary N) is 1. The predicted octanol–water partition coefficient (Wildman–Crippen LogP) is 3.50. The zero-order chi connectivity index (χ0) is 19.1. The van der Waals surface area contributed by atoms with Crippen LogP contribution >= 0.6 is 11.8 Å². The van der Waals surface area contributed by atoms with E-state index >= 15 is 0 Å². The third kappa shape index (κ3) is 2.70. The molecule has 1 unspecified atom stereocenters. The summed E-state index contributed by atoms with van der Waals surface area (Å²) in [6, 6.07) is 17.3. The molecular formula is C21H18N4O2S. The number of nitrogens with zero attached hydrogens (tertiary/aromatic N) is 3. The monoisotopic (exact) mass is 390 g/mol. The van der Waals surface area contributed by atoms with Gasteiger partial charge in [0.25, 0.3) is 5.91 Å². The molecule has 7 heteroatoms. The highest BCUT2D eigenvalue weighted by molar-refractivity contribution is 8.02. The first-order valence-electron chi connectivity index (χ1n) is 9.15. The number of amides is 2. The summed E-state index contributed by atoms with van der Waals surface area (Å²) in [5.41, 5.74) is 2.60. The van der Waals surface area contributed by atoms with Crippen molar-refractivity contribution in [2.24, 2.45) is 0 Å². The van der Waals surface area contributed by atoms with Gasteiger partial charge in [0.2, 0.25) is 5.91 Å². The second-order valence-corrected chi connectivity index (χ2v) is 8.26. The van der Waals surface area contributed by atoms with E-state index in [0.29, 0.717) is 19.4 Å². The second kappa shape index (κ2) is 6.53. The summed E-state index contributed by atoms with van der Waals surface area (Å²) in [5.74, 6) is -0.157. The fourth-order valence-electron chi connectivity index (χ4n) is 3.86. The first-order valence-corrected chi connectivity index (χ1v) is 9.96. The number of benzene rings is 2. The molecule has 0 spiro atoms. The van der Waals surface area contributed by atoms with Gasteiger partial charge in [0.05, 0.1) is 12.2 Å². The maximum absolute atomic E-state index is 13.3. The van der Waals surface area contributed by atoms with Gasteiger partial charge in [-0.15, -0.1) is 0 Å². The number of anilines is 2. The molecule has 0 radical (unpaired) electrons. The Kier molecular flexibility index (Phi) is 3.98. The molecule has 2 aliphatic rings. The van der Waals surface area contributed by atoms with Gasteiger partial charge in [0.1, 0.15) is 0 Å². The van der Waals surface area contributed by atoms with Gasteiger partial charge in [0.15, 0.2) is 4.87 Å². The molecule has 0 bridgehead atoms. The second-order valence-electron chi connectivity index (χ2n) is 6.94. The molecule has 0 saturated carbocycles. The Labute approximate surface area is 166 Å². The molecule has 2 aromatic carbocycles. The van der Waals surface area contributed by atoms with Gasteiger partial charge in [-0.2, -0.15) is 5.10 Å². The van der Waals surface area contributed by atoms with Crippen LogP contribution in [0.1, 0.15) is 18.4 Å². The quantitative estimate of drug-likeness (QED) is 0.740. The predicted molar refractivity (Wildman–Crippen MR) is 108 cm³/mol. The van der Waals surface area contributed by atoms with Gasteiger partial charge in [-0.05, 0) is 42.3 Å². The third-order valence-electron chi connectivity index (χ3n) is 5.12. The lowest BCUT2D eigenvalue weighted by molar-refractivity contribution is -0.121. The molecule has 3 aromatic rings. The lowest BCUT2D eigenvalue weighted by atomic mass is 10.1. The van der Waals surface area contributed by atoms with E-state index in [-0.39, 0.29) is 11.8 Å². The van der Waals surface area contributed by atoms with Crippen LogP contribution in [0.3, 0.4) is 0 Å². The molecule has 28 heavy (non-hydrogen) atoms. The van der Waals surface area contributed by atoms with Crippen LogP contribution in [0.15, 0.2) is 71.9 Å². The van der Waals surface area contributed by atoms with Crippen molar-refractivity contribution in [2.45, 2.75) is 29.2 Å². The lowest BCUT2D eigenvalue weighted by Crippen LogP contribution is -2.49. The molecule has 140 valence electrons. The minimum absolute atomic E-state index is 0.0000304. The molecule has 0 aliphatic carbocycles. The minimum atomic E-state index is -0.904. The van der Waals surface area contributed by atoms with Crippen molar-refractivity contribution in [1.82, 2.24) is 9.78 Å². The molecule has 1 aromatic heterocycles. The van der Waals surface area contributed by atoms with Crippen LogP contribution in [-0.2, 0) is 16.1 Å². The van der Waals surface area contributed by atoms with Crippen LogP contribution in [0.25, 0.3) is 0 Å². The van der Waals surface area contributed by atoms with Gasteiger partial charge < -0.3 is 5.32 Å². The van der Waals surface area contributed by atoms with E-state index in [2.05, 4.69) is 10.4 Å². The summed E-state index contributed by atoms with van der Waals surface area (Å²) < 4.78 is 1.83. The molecule has 2 amide bonds. The van der Waals surface area contributed by atoms with Crippen LogP contribution in [-0.4, -0.2) is 26.5 Å². The highest BCUT2D eigenvalue weighted by Crippen LogP contribution is 2.56. The smallest absolute Gasteiger partial charge is 0.261 e. The Hall–Kier alpha value is -3.06. The van der Waals surface area contributed by atoms with E-state index in [1.54, 1.807) is 11.1 Å². The zero-order valence-corrected chi connectivity index (χ0v) is 15.9. The largest absolute Gasteiger partial charge is 0.323 e. The molecular weight excluding hydrogens is 372 g/mol. The Balaban J connectivity index is 1.41. The van der Waals surface area contributed by atoms with Gasteiger partial charge in [-0.3, -0.25) is 19.2 Å². The summed E-state index contributed by atoms with van der Waals surface area (Å²) in [6.45, 7) is 0.632. The standard InChI is InChI=1S/C21H18N4O2S/c26-19-9-10-21(25(19)17-7-1-2-8-18(17)28-21)20(27)23-16-6-3-5-15(13-16)14-24-12-4-11-22-24/h1-8,11-13H,9-10,14H2,(H,23,27). The molecule has 5 rings (SSSR count). The third-order valence-corrected chi connectivity index (χ3v) is 6.59. The van der Waals surface area contributed by atoms with Crippen LogP contribution in [0.5, 0.6) is 0 Å². The Morgan fingerprint density at radius 3 is 2.93 bits per heavy atom. The normalized spacial score (nSPS) is 20.1. The van der Waals surface area contributed by atoms with Gasteiger partial charge in [-0.1, -0.05) is 36.0 Å². The summed E-state index contributed by atoms with van der Waals surface area (Å²) >= 11 is 1.47. The van der Waals surface area contributed by atoms with Crippen molar-refractivity contribution in [3.63, 3.8) is 0 Å². The number of para-hydroxylation sites is 1. The van der Waals surface area contributed by atoms with Crippen molar-refractivity contribution >= 4 is 35.0 Å². The molecule has 2 aliphatic heterocycles. The van der Waals surface area contributed by atoms with Crippen molar-refractivity contribution in [2.75, 3.05) is 10.2 Å². The number of hydrogen-bond acceptors (Lipinski definition) is 4. The number of carbonyl (C=O) groups excluding carboxylic acids is 2. The van der Waals surface area contributed by atoms with Crippen LogP contribution in [0.2, 0.25) is 0 Å².